The van der Waals surface area contributed by atoms with Crippen molar-refractivity contribution in [3.8, 4) is 5.75 Å². The maximum Gasteiger partial charge on any atom is 0.160 e. The highest BCUT2D eigenvalue weighted by molar-refractivity contribution is 5.37. The average molecular weight is 366 g/mol. The van der Waals surface area contributed by atoms with Crippen molar-refractivity contribution in [1.82, 2.24) is 19.5 Å². The van der Waals surface area contributed by atoms with Crippen LogP contribution in [0.4, 0.5) is 0 Å². The number of benzene rings is 1. The van der Waals surface area contributed by atoms with Gasteiger partial charge < -0.3 is 9.84 Å². The van der Waals surface area contributed by atoms with Gasteiger partial charge >= 0.3 is 0 Å². The molecule has 3 heterocycles. The van der Waals surface area contributed by atoms with Crippen LogP contribution in [0.25, 0.3) is 5.65 Å². The first-order valence-corrected chi connectivity index (χ1v) is 9.59. The van der Waals surface area contributed by atoms with E-state index in [1.54, 1.807) is 0 Å². The minimum atomic E-state index is -0.515. The summed E-state index contributed by atoms with van der Waals surface area (Å²) >= 11 is 0. The third-order valence-corrected chi connectivity index (χ3v) is 5.20. The number of para-hydroxylation sites is 1. The summed E-state index contributed by atoms with van der Waals surface area (Å²) in [6.07, 6.45) is 3.70. The highest BCUT2D eigenvalue weighted by Crippen LogP contribution is 2.26. The van der Waals surface area contributed by atoms with Gasteiger partial charge in [0.1, 0.15) is 24.3 Å². The Balaban J connectivity index is 1.35. The van der Waals surface area contributed by atoms with Crippen LogP contribution in [-0.2, 0) is 0 Å². The summed E-state index contributed by atoms with van der Waals surface area (Å²) in [6, 6.07) is 13.9. The van der Waals surface area contributed by atoms with Crippen LogP contribution < -0.4 is 4.74 Å². The van der Waals surface area contributed by atoms with E-state index in [4.69, 9.17) is 4.74 Å². The van der Waals surface area contributed by atoms with Crippen LogP contribution in [0.3, 0.4) is 0 Å². The first-order chi connectivity index (χ1) is 13.2. The second-order valence-electron chi connectivity index (χ2n) is 7.32. The van der Waals surface area contributed by atoms with Gasteiger partial charge in [-0.25, -0.2) is 0 Å². The standard InChI is InChI=1S/C21H26N4O2/c1-16-7-2-3-9-19(16)27-15-18(26)14-24-11-6-8-17(13-24)21-23-22-20-10-4-5-12-25(20)21/h2-5,7,9-10,12,17-18,26H,6,8,11,13-15H2,1H3/t17-,18-/m1/s1. The Labute approximate surface area is 159 Å². The van der Waals surface area contributed by atoms with Crippen molar-refractivity contribution >= 4 is 5.65 Å². The van der Waals surface area contributed by atoms with Crippen LogP contribution in [-0.4, -0.2) is 56.9 Å². The normalized spacial score (nSPS) is 19.3. The number of piperidine rings is 1. The molecule has 27 heavy (non-hydrogen) atoms. The van der Waals surface area contributed by atoms with Gasteiger partial charge in [0.25, 0.3) is 0 Å². The number of aliphatic hydroxyl groups excluding tert-OH is 1. The van der Waals surface area contributed by atoms with Crippen molar-refractivity contribution in [2.75, 3.05) is 26.2 Å². The van der Waals surface area contributed by atoms with E-state index in [9.17, 15) is 5.11 Å². The summed E-state index contributed by atoms with van der Waals surface area (Å²) in [5.41, 5.74) is 1.97. The van der Waals surface area contributed by atoms with E-state index in [2.05, 4.69) is 19.5 Å². The number of β-amino-alcohol motifs (C(OH)–C–C–N with tert-alkyl or cyclic N) is 1. The number of pyridine rings is 1. The molecule has 2 atom stereocenters. The molecule has 6 heteroatoms. The number of likely N-dealkylation sites (tertiary alicyclic amines) is 1. The Morgan fingerprint density at radius 2 is 2.04 bits per heavy atom. The smallest absolute Gasteiger partial charge is 0.160 e. The predicted molar refractivity (Wildman–Crippen MR) is 104 cm³/mol. The molecule has 0 aliphatic carbocycles. The second kappa shape index (κ2) is 8.06. The van der Waals surface area contributed by atoms with Crippen molar-refractivity contribution in [3.63, 3.8) is 0 Å². The van der Waals surface area contributed by atoms with Gasteiger partial charge in [0.05, 0.1) is 0 Å². The molecule has 4 rings (SSSR count). The summed E-state index contributed by atoms with van der Waals surface area (Å²) in [4.78, 5) is 2.31. The first-order valence-electron chi connectivity index (χ1n) is 9.59. The lowest BCUT2D eigenvalue weighted by atomic mass is 9.97. The molecule has 0 saturated carbocycles. The van der Waals surface area contributed by atoms with Gasteiger partial charge in [-0.05, 0) is 50.1 Å². The minimum Gasteiger partial charge on any atom is -0.491 e. The molecule has 3 aromatic rings. The third kappa shape index (κ3) is 4.12. The lowest BCUT2D eigenvalue weighted by Crippen LogP contribution is -2.41. The molecule has 1 aliphatic heterocycles. The SMILES string of the molecule is Cc1ccccc1OC[C@H](O)CN1CCC[C@@H](c2nnc3ccccn23)C1. The molecule has 0 spiro atoms. The second-order valence-corrected chi connectivity index (χ2v) is 7.32. The van der Waals surface area contributed by atoms with Crippen molar-refractivity contribution in [3.05, 3.63) is 60.0 Å². The quantitative estimate of drug-likeness (QED) is 0.727. The number of nitrogens with zero attached hydrogens (tertiary/aromatic N) is 4. The summed E-state index contributed by atoms with van der Waals surface area (Å²) < 4.78 is 7.87. The Hall–Kier alpha value is -2.44. The van der Waals surface area contributed by atoms with E-state index < -0.39 is 6.10 Å². The van der Waals surface area contributed by atoms with Gasteiger partial charge in [-0.1, -0.05) is 24.3 Å². The fraction of sp³-hybridized carbons (Fsp3) is 0.429. The maximum absolute atomic E-state index is 10.4. The van der Waals surface area contributed by atoms with Crippen LogP contribution in [0, 0.1) is 6.92 Å². The van der Waals surface area contributed by atoms with Gasteiger partial charge in [-0.15, -0.1) is 10.2 Å². The molecule has 1 fully saturated rings. The predicted octanol–water partition coefficient (Wildman–Crippen LogP) is 2.66. The van der Waals surface area contributed by atoms with Crippen LogP contribution in [0.5, 0.6) is 5.75 Å². The highest BCUT2D eigenvalue weighted by Gasteiger charge is 2.26. The molecular formula is C21H26N4O2. The van der Waals surface area contributed by atoms with Crippen LogP contribution in [0.1, 0.15) is 30.1 Å². The van der Waals surface area contributed by atoms with Crippen molar-refractivity contribution in [2.45, 2.75) is 31.8 Å². The van der Waals surface area contributed by atoms with Crippen molar-refractivity contribution in [2.24, 2.45) is 0 Å². The molecule has 1 aromatic carbocycles. The molecule has 142 valence electrons. The molecular weight excluding hydrogens is 340 g/mol. The van der Waals surface area contributed by atoms with Gasteiger partial charge in [-0.2, -0.15) is 0 Å². The monoisotopic (exact) mass is 366 g/mol. The summed E-state index contributed by atoms with van der Waals surface area (Å²) in [6.45, 7) is 4.81. The van der Waals surface area contributed by atoms with E-state index in [1.807, 2.05) is 55.6 Å². The Morgan fingerprint density at radius 3 is 2.93 bits per heavy atom. The van der Waals surface area contributed by atoms with E-state index in [-0.39, 0.29) is 0 Å². The van der Waals surface area contributed by atoms with E-state index >= 15 is 0 Å². The van der Waals surface area contributed by atoms with Gasteiger partial charge in [0, 0.05) is 25.2 Å². The van der Waals surface area contributed by atoms with E-state index in [1.165, 1.54) is 0 Å². The van der Waals surface area contributed by atoms with Crippen LogP contribution >= 0.6 is 0 Å². The molecule has 0 unspecified atom stereocenters. The summed E-state index contributed by atoms with van der Waals surface area (Å²) in [5, 5.41) is 19.1. The molecule has 1 aliphatic rings. The van der Waals surface area contributed by atoms with Crippen molar-refractivity contribution < 1.29 is 9.84 Å². The fourth-order valence-corrected chi connectivity index (χ4v) is 3.83. The van der Waals surface area contributed by atoms with Gasteiger partial charge in [-0.3, -0.25) is 9.30 Å². The number of rotatable bonds is 6. The zero-order valence-corrected chi connectivity index (χ0v) is 15.7. The number of hydrogen-bond donors (Lipinski definition) is 1. The number of ether oxygens (including phenoxy) is 1. The largest absolute Gasteiger partial charge is 0.491 e. The summed E-state index contributed by atoms with van der Waals surface area (Å²) in [7, 11) is 0. The molecule has 0 amide bonds. The van der Waals surface area contributed by atoms with Crippen molar-refractivity contribution in [1.29, 1.82) is 0 Å². The average Bonchev–Trinajstić information content (AvgIpc) is 3.12. The molecule has 2 aromatic heterocycles. The van der Waals surface area contributed by atoms with Crippen LogP contribution in [0.15, 0.2) is 48.7 Å². The lowest BCUT2D eigenvalue weighted by molar-refractivity contribution is 0.0575. The Morgan fingerprint density at radius 1 is 1.19 bits per heavy atom. The topological polar surface area (TPSA) is 62.9 Å². The first kappa shape index (κ1) is 17.9. The number of aromatic nitrogens is 3. The molecule has 1 saturated heterocycles. The zero-order valence-electron chi connectivity index (χ0n) is 15.7. The number of fused-ring (bicyclic) bond motifs is 1. The maximum atomic E-state index is 10.4. The van der Waals surface area contributed by atoms with E-state index in [0.717, 1.165) is 48.7 Å². The summed E-state index contributed by atoms with van der Waals surface area (Å²) in [5.74, 6) is 2.18. The zero-order chi connectivity index (χ0) is 18.6. The number of aryl methyl sites for hydroxylation is 1. The number of aliphatic hydroxyl groups is 1. The molecule has 0 bridgehead atoms. The third-order valence-electron chi connectivity index (χ3n) is 5.20. The molecule has 0 radical (unpaired) electrons. The lowest BCUT2D eigenvalue weighted by Gasteiger charge is -2.33. The molecule has 1 N–H and O–H groups in total. The Bertz CT molecular complexity index is 895. The van der Waals surface area contributed by atoms with E-state index in [0.29, 0.717) is 19.1 Å². The fourth-order valence-electron chi connectivity index (χ4n) is 3.83. The minimum absolute atomic E-state index is 0.305. The number of hydrogen-bond acceptors (Lipinski definition) is 5. The molecule has 6 nitrogen and oxygen atoms in total. The van der Waals surface area contributed by atoms with Gasteiger partial charge in [0.2, 0.25) is 0 Å². The van der Waals surface area contributed by atoms with Crippen LogP contribution in [0.2, 0.25) is 0 Å². The highest BCUT2D eigenvalue weighted by atomic mass is 16.5. The Kier molecular flexibility index (Phi) is 5.36. The van der Waals surface area contributed by atoms with Gasteiger partial charge in [0.15, 0.2) is 5.65 Å².